The summed E-state index contributed by atoms with van der Waals surface area (Å²) < 4.78 is 26.5. The van der Waals surface area contributed by atoms with Gasteiger partial charge in [0.15, 0.2) is 0 Å². The van der Waals surface area contributed by atoms with Gasteiger partial charge in [-0.1, -0.05) is 12.8 Å². The van der Waals surface area contributed by atoms with Crippen LogP contribution in [0.25, 0.3) is 0 Å². The first-order chi connectivity index (χ1) is 13.5. The number of hydrogen-bond donors (Lipinski definition) is 1. The minimum atomic E-state index is -2.67. The van der Waals surface area contributed by atoms with Gasteiger partial charge < -0.3 is 9.80 Å². The van der Waals surface area contributed by atoms with Gasteiger partial charge in [0.2, 0.25) is 5.95 Å². The lowest BCUT2D eigenvalue weighted by molar-refractivity contribution is -0.0461. The molecule has 28 heavy (non-hydrogen) atoms. The van der Waals surface area contributed by atoms with Crippen LogP contribution >= 0.6 is 0 Å². The van der Waals surface area contributed by atoms with Crippen molar-refractivity contribution >= 4 is 17.8 Å². The number of rotatable bonds is 3. The number of aromatic nitrogens is 2. The molecule has 1 saturated carbocycles. The molecule has 154 valence electrons. The fourth-order valence-electron chi connectivity index (χ4n) is 4.35. The van der Waals surface area contributed by atoms with Crippen LogP contribution in [0.4, 0.5) is 25.3 Å². The minimum Gasteiger partial charge on any atom is -0.338 e. The number of amides is 2. The predicted molar refractivity (Wildman–Crippen MR) is 103 cm³/mol. The van der Waals surface area contributed by atoms with Gasteiger partial charge in [0, 0.05) is 64.3 Å². The van der Waals surface area contributed by atoms with Crippen LogP contribution in [0.3, 0.4) is 0 Å². The molecule has 0 aromatic carbocycles. The summed E-state index contributed by atoms with van der Waals surface area (Å²) in [7, 11) is 0. The highest BCUT2D eigenvalue weighted by molar-refractivity contribution is 5.88. The molecule has 0 unspecified atom stereocenters. The summed E-state index contributed by atoms with van der Waals surface area (Å²) in [6.07, 6.45) is 6.34. The lowest BCUT2D eigenvalue weighted by atomic mass is 10.1. The van der Waals surface area contributed by atoms with Crippen molar-refractivity contribution in [3.8, 4) is 0 Å². The highest BCUT2D eigenvalue weighted by Crippen LogP contribution is 2.28. The number of carbonyl (C=O) groups excluding carboxylic acids is 1. The maximum Gasteiger partial charge on any atom is 0.323 e. The Hall–Kier alpha value is -2.03. The molecule has 3 heterocycles. The summed E-state index contributed by atoms with van der Waals surface area (Å²) in [6, 6.07) is 1.98. The number of piperidine rings is 1. The van der Waals surface area contributed by atoms with Gasteiger partial charge in [-0.15, -0.1) is 0 Å². The topological polar surface area (TPSA) is 64.6 Å². The Morgan fingerprint density at radius 1 is 1.07 bits per heavy atom. The highest BCUT2D eigenvalue weighted by Gasteiger charge is 2.35. The second-order valence-electron chi connectivity index (χ2n) is 7.98. The van der Waals surface area contributed by atoms with Crippen molar-refractivity contribution in [2.24, 2.45) is 0 Å². The molecule has 2 aliphatic heterocycles. The number of anilines is 2. The van der Waals surface area contributed by atoms with Crippen molar-refractivity contribution in [1.82, 2.24) is 19.8 Å². The van der Waals surface area contributed by atoms with E-state index in [0.717, 1.165) is 32.2 Å². The number of alkyl halides is 2. The van der Waals surface area contributed by atoms with E-state index >= 15 is 0 Å². The number of urea groups is 1. The van der Waals surface area contributed by atoms with E-state index in [1.165, 1.54) is 30.6 Å². The number of nitrogens with one attached hydrogen (secondary N) is 1. The number of piperazine rings is 1. The standard InChI is InChI=1S/C19H28F2N6O/c20-19(21)6-9-27(10-7-19)18(28)24-16-5-8-22-17(23-16)26-13-11-25(12-14-26)15-3-1-2-4-15/h5,8,15H,1-4,6-7,9-14H2,(H,22,23,24,28). The van der Waals surface area contributed by atoms with Crippen LogP contribution in [-0.2, 0) is 0 Å². The molecule has 1 aliphatic carbocycles. The molecule has 1 aromatic heterocycles. The molecule has 2 amide bonds. The van der Waals surface area contributed by atoms with Gasteiger partial charge in [-0.2, -0.15) is 4.98 Å². The van der Waals surface area contributed by atoms with Gasteiger partial charge in [-0.3, -0.25) is 10.2 Å². The summed E-state index contributed by atoms with van der Waals surface area (Å²) in [5.74, 6) is -1.65. The Balaban J connectivity index is 1.31. The summed E-state index contributed by atoms with van der Waals surface area (Å²) in [5.41, 5.74) is 0. The van der Waals surface area contributed by atoms with E-state index in [4.69, 9.17) is 0 Å². The first kappa shape index (κ1) is 19.3. The average molecular weight is 394 g/mol. The van der Waals surface area contributed by atoms with E-state index in [2.05, 4.69) is 25.1 Å². The van der Waals surface area contributed by atoms with Crippen LogP contribution in [0, 0.1) is 0 Å². The molecule has 1 N–H and O–H groups in total. The van der Waals surface area contributed by atoms with Crippen molar-refractivity contribution in [3.63, 3.8) is 0 Å². The summed E-state index contributed by atoms with van der Waals surface area (Å²) >= 11 is 0. The lowest BCUT2D eigenvalue weighted by Gasteiger charge is -2.38. The molecule has 0 radical (unpaired) electrons. The quantitative estimate of drug-likeness (QED) is 0.854. The summed E-state index contributed by atoms with van der Waals surface area (Å²) in [5, 5.41) is 2.73. The third-order valence-corrected chi connectivity index (χ3v) is 6.10. The molecule has 2 saturated heterocycles. The SMILES string of the molecule is O=C(Nc1ccnc(N2CCN(C3CCCC3)CC2)n1)N1CCC(F)(F)CC1. The molecule has 0 bridgehead atoms. The fraction of sp³-hybridized carbons (Fsp3) is 0.737. The Bertz CT molecular complexity index is 679. The number of halogens is 2. The van der Waals surface area contributed by atoms with Crippen molar-refractivity contribution in [3.05, 3.63) is 12.3 Å². The van der Waals surface area contributed by atoms with Gasteiger partial charge in [-0.05, 0) is 18.9 Å². The van der Waals surface area contributed by atoms with Crippen LogP contribution in [0.5, 0.6) is 0 Å². The van der Waals surface area contributed by atoms with Gasteiger partial charge in [0.1, 0.15) is 5.82 Å². The molecular formula is C19H28F2N6O. The minimum absolute atomic E-state index is 0.0555. The largest absolute Gasteiger partial charge is 0.338 e. The normalized spacial score (nSPS) is 23.8. The maximum atomic E-state index is 13.3. The van der Waals surface area contributed by atoms with Gasteiger partial charge >= 0.3 is 6.03 Å². The molecule has 4 rings (SSSR count). The molecule has 0 spiro atoms. The molecular weight excluding hydrogens is 366 g/mol. The smallest absolute Gasteiger partial charge is 0.323 e. The monoisotopic (exact) mass is 394 g/mol. The van der Waals surface area contributed by atoms with E-state index in [9.17, 15) is 13.6 Å². The molecule has 9 heteroatoms. The van der Waals surface area contributed by atoms with Crippen LogP contribution in [0.2, 0.25) is 0 Å². The van der Waals surface area contributed by atoms with Crippen molar-refractivity contribution in [2.45, 2.75) is 50.5 Å². The molecule has 7 nitrogen and oxygen atoms in total. The first-order valence-corrected chi connectivity index (χ1v) is 10.3. The predicted octanol–water partition coefficient (Wildman–Crippen LogP) is 2.80. The summed E-state index contributed by atoms with van der Waals surface area (Å²) in [4.78, 5) is 27.3. The van der Waals surface area contributed by atoms with Crippen LogP contribution < -0.4 is 10.2 Å². The molecule has 0 atom stereocenters. The number of nitrogens with zero attached hydrogens (tertiary/aromatic N) is 5. The van der Waals surface area contributed by atoms with E-state index in [-0.39, 0.29) is 32.0 Å². The Kier molecular flexibility index (Phi) is 5.61. The zero-order chi connectivity index (χ0) is 19.6. The average Bonchev–Trinajstić information content (AvgIpc) is 3.23. The number of hydrogen-bond acceptors (Lipinski definition) is 5. The van der Waals surface area contributed by atoms with E-state index in [0.29, 0.717) is 11.8 Å². The lowest BCUT2D eigenvalue weighted by Crippen LogP contribution is -2.50. The molecule has 1 aromatic rings. The van der Waals surface area contributed by atoms with E-state index < -0.39 is 5.92 Å². The zero-order valence-electron chi connectivity index (χ0n) is 16.1. The fourth-order valence-corrected chi connectivity index (χ4v) is 4.35. The van der Waals surface area contributed by atoms with Crippen molar-refractivity contribution < 1.29 is 13.6 Å². The van der Waals surface area contributed by atoms with E-state index in [1.54, 1.807) is 12.3 Å². The highest BCUT2D eigenvalue weighted by atomic mass is 19.3. The van der Waals surface area contributed by atoms with Gasteiger partial charge in [-0.25, -0.2) is 18.6 Å². The van der Waals surface area contributed by atoms with Gasteiger partial charge in [0.25, 0.3) is 5.92 Å². The van der Waals surface area contributed by atoms with Crippen molar-refractivity contribution in [1.29, 1.82) is 0 Å². The zero-order valence-corrected chi connectivity index (χ0v) is 16.1. The number of likely N-dealkylation sites (tertiary alicyclic amines) is 1. The van der Waals surface area contributed by atoms with Crippen LogP contribution in [0.15, 0.2) is 12.3 Å². The van der Waals surface area contributed by atoms with E-state index in [1.807, 2.05) is 0 Å². The maximum absolute atomic E-state index is 13.3. The van der Waals surface area contributed by atoms with Gasteiger partial charge in [0.05, 0.1) is 0 Å². The molecule has 3 fully saturated rings. The third-order valence-electron chi connectivity index (χ3n) is 6.10. The van der Waals surface area contributed by atoms with Crippen LogP contribution in [-0.4, -0.2) is 77.0 Å². The Morgan fingerprint density at radius 2 is 1.75 bits per heavy atom. The third kappa shape index (κ3) is 4.51. The molecule has 3 aliphatic rings. The van der Waals surface area contributed by atoms with Crippen LogP contribution in [0.1, 0.15) is 38.5 Å². The summed E-state index contributed by atoms with van der Waals surface area (Å²) in [6.45, 7) is 3.86. The van der Waals surface area contributed by atoms with Crippen molar-refractivity contribution in [2.75, 3.05) is 49.5 Å². The first-order valence-electron chi connectivity index (χ1n) is 10.3. The number of carbonyl (C=O) groups is 1. The Labute approximate surface area is 164 Å². The Morgan fingerprint density at radius 3 is 2.43 bits per heavy atom. The second kappa shape index (κ2) is 8.14. The second-order valence-corrected chi connectivity index (χ2v) is 7.98.